The first-order valence-corrected chi connectivity index (χ1v) is 7.73. The molecule has 20 heavy (non-hydrogen) atoms. The predicted molar refractivity (Wildman–Crippen MR) is 75.9 cm³/mol. The van der Waals surface area contributed by atoms with Crippen LogP contribution in [0.15, 0.2) is 47.9 Å². The van der Waals surface area contributed by atoms with Crippen molar-refractivity contribution in [3.8, 4) is 11.1 Å². The average molecular weight is 288 g/mol. The van der Waals surface area contributed by atoms with Gasteiger partial charge in [0.2, 0.25) is 5.95 Å². The summed E-state index contributed by atoms with van der Waals surface area (Å²) in [5, 5.41) is 0. The van der Waals surface area contributed by atoms with E-state index in [9.17, 15) is 8.42 Å². The smallest absolute Gasteiger partial charge is 0.206 e. The summed E-state index contributed by atoms with van der Waals surface area (Å²) in [7, 11) is -3.25. The van der Waals surface area contributed by atoms with Crippen LogP contribution in [0.5, 0.6) is 0 Å². The number of rotatable bonds is 2. The Morgan fingerprint density at radius 3 is 2.80 bits per heavy atom. The maximum absolute atomic E-state index is 11.6. The van der Waals surface area contributed by atoms with Crippen molar-refractivity contribution < 1.29 is 8.42 Å². The number of nitrogen functional groups attached to an aromatic ring is 1. The molecule has 1 aromatic carbocycles. The number of fused-ring (bicyclic) bond motifs is 1. The maximum Gasteiger partial charge on any atom is 0.206 e. The summed E-state index contributed by atoms with van der Waals surface area (Å²) >= 11 is 0. The topological polar surface area (TPSA) is 90.3 Å². The Balaban J connectivity index is 2.27. The number of aromatic nitrogens is 3. The van der Waals surface area contributed by atoms with E-state index in [4.69, 9.17) is 5.73 Å². The minimum atomic E-state index is -3.25. The fraction of sp³-hybridized carbons (Fsp3) is 0.0769. The van der Waals surface area contributed by atoms with E-state index in [0.717, 1.165) is 16.6 Å². The Hall–Kier alpha value is -2.41. The summed E-state index contributed by atoms with van der Waals surface area (Å²) in [5.41, 5.74) is 8.08. The number of nitrogens with zero attached hydrogens (tertiary/aromatic N) is 3. The average Bonchev–Trinajstić information content (AvgIpc) is 2.88. The van der Waals surface area contributed by atoms with E-state index < -0.39 is 9.84 Å². The van der Waals surface area contributed by atoms with Gasteiger partial charge in [-0.1, -0.05) is 12.1 Å². The minimum absolute atomic E-state index is 0.268. The molecule has 6 nitrogen and oxygen atoms in total. The zero-order valence-electron chi connectivity index (χ0n) is 10.7. The fourth-order valence-electron chi connectivity index (χ4n) is 2.05. The number of nitrogens with two attached hydrogens (primary N) is 1. The van der Waals surface area contributed by atoms with Crippen LogP contribution in [0.2, 0.25) is 0 Å². The van der Waals surface area contributed by atoms with Crippen LogP contribution in [-0.4, -0.2) is 29.0 Å². The lowest BCUT2D eigenvalue weighted by molar-refractivity contribution is 0.602. The van der Waals surface area contributed by atoms with Crippen molar-refractivity contribution in [3.63, 3.8) is 0 Å². The lowest BCUT2D eigenvalue weighted by Gasteiger charge is -2.07. The quantitative estimate of drug-likeness (QED) is 0.769. The molecule has 0 spiro atoms. The molecular weight excluding hydrogens is 276 g/mol. The van der Waals surface area contributed by atoms with Gasteiger partial charge in [0.1, 0.15) is 6.33 Å². The Kier molecular flexibility index (Phi) is 2.72. The van der Waals surface area contributed by atoms with E-state index in [0.29, 0.717) is 5.95 Å². The highest BCUT2D eigenvalue weighted by Crippen LogP contribution is 2.26. The summed E-state index contributed by atoms with van der Waals surface area (Å²) < 4.78 is 24.9. The van der Waals surface area contributed by atoms with Crippen molar-refractivity contribution >= 4 is 21.3 Å². The molecule has 0 aliphatic heterocycles. The van der Waals surface area contributed by atoms with Gasteiger partial charge in [-0.15, -0.1) is 0 Å². The van der Waals surface area contributed by atoms with E-state index in [1.54, 1.807) is 41.3 Å². The minimum Gasteiger partial charge on any atom is -0.369 e. The molecule has 0 atom stereocenters. The van der Waals surface area contributed by atoms with E-state index >= 15 is 0 Å². The van der Waals surface area contributed by atoms with Crippen molar-refractivity contribution in [2.24, 2.45) is 0 Å². The van der Waals surface area contributed by atoms with E-state index in [1.807, 2.05) is 6.07 Å². The van der Waals surface area contributed by atoms with Gasteiger partial charge in [0.05, 0.1) is 16.6 Å². The lowest BCUT2D eigenvalue weighted by atomic mass is 10.1. The van der Waals surface area contributed by atoms with Gasteiger partial charge >= 0.3 is 0 Å². The van der Waals surface area contributed by atoms with Crippen LogP contribution >= 0.6 is 0 Å². The molecule has 0 saturated heterocycles. The second-order valence-corrected chi connectivity index (χ2v) is 6.49. The highest BCUT2D eigenvalue weighted by Gasteiger charge is 2.11. The Morgan fingerprint density at radius 1 is 1.25 bits per heavy atom. The highest BCUT2D eigenvalue weighted by atomic mass is 32.2. The van der Waals surface area contributed by atoms with Crippen molar-refractivity contribution in [1.82, 2.24) is 14.4 Å². The summed E-state index contributed by atoms with van der Waals surface area (Å²) in [6.45, 7) is 0. The molecule has 0 aliphatic carbocycles. The standard InChI is InChI=1S/C13H12N4O2S/c1-20(18,19)10-4-2-3-9(5-10)11-6-16-13(14)17-8-15-7-12(11)17/h2-8H,1H3,(H2,14,16). The van der Waals surface area contributed by atoms with Gasteiger partial charge in [-0.2, -0.15) is 0 Å². The zero-order chi connectivity index (χ0) is 14.3. The van der Waals surface area contributed by atoms with Crippen LogP contribution < -0.4 is 5.73 Å². The van der Waals surface area contributed by atoms with Gasteiger partial charge in [-0.05, 0) is 17.7 Å². The number of anilines is 1. The number of benzene rings is 1. The molecule has 0 bridgehead atoms. The first-order valence-electron chi connectivity index (χ1n) is 5.84. The third kappa shape index (κ3) is 2.01. The Labute approximate surface area is 115 Å². The van der Waals surface area contributed by atoms with Crippen molar-refractivity contribution in [1.29, 1.82) is 0 Å². The van der Waals surface area contributed by atoms with Crippen LogP contribution in [0, 0.1) is 0 Å². The first kappa shape index (κ1) is 12.6. The van der Waals surface area contributed by atoms with Crippen LogP contribution in [0.25, 0.3) is 16.6 Å². The van der Waals surface area contributed by atoms with E-state index in [-0.39, 0.29) is 4.90 Å². The molecule has 3 rings (SSSR count). The van der Waals surface area contributed by atoms with Crippen molar-refractivity contribution in [2.45, 2.75) is 4.90 Å². The van der Waals surface area contributed by atoms with E-state index in [1.165, 1.54) is 6.26 Å². The van der Waals surface area contributed by atoms with Crippen LogP contribution in [0.4, 0.5) is 5.95 Å². The number of hydrogen-bond donors (Lipinski definition) is 1. The molecule has 0 radical (unpaired) electrons. The summed E-state index contributed by atoms with van der Waals surface area (Å²) in [4.78, 5) is 8.41. The molecule has 3 aromatic rings. The van der Waals surface area contributed by atoms with Gasteiger partial charge in [-0.3, -0.25) is 4.40 Å². The summed E-state index contributed by atoms with van der Waals surface area (Å²) in [5.74, 6) is 0.334. The molecule has 0 fully saturated rings. The fourth-order valence-corrected chi connectivity index (χ4v) is 2.72. The number of imidazole rings is 1. The van der Waals surface area contributed by atoms with Crippen LogP contribution in [0.3, 0.4) is 0 Å². The first-order chi connectivity index (χ1) is 9.47. The van der Waals surface area contributed by atoms with Gasteiger partial charge in [0, 0.05) is 18.0 Å². The molecule has 0 aliphatic rings. The van der Waals surface area contributed by atoms with Crippen LogP contribution in [0.1, 0.15) is 0 Å². The van der Waals surface area contributed by atoms with Gasteiger partial charge in [0.15, 0.2) is 9.84 Å². The second kappa shape index (κ2) is 4.31. The molecular formula is C13H12N4O2S. The molecule has 102 valence electrons. The predicted octanol–water partition coefficient (Wildman–Crippen LogP) is 1.38. The van der Waals surface area contributed by atoms with Gasteiger partial charge < -0.3 is 5.73 Å². The second-order valence-electron chi connectivity index (χ2n) is 4.48. The monoisotopic (exact) mass is 288 g/mol. The molecule has 2 N–H and O–H groups in total. The Bertz CT molecular complexity index is 900. The van der Waals surface area contributed by atoms with E-state index in [2.05, 4.69) is 9.97 Å². The summed E-state index contributed by atoms with van der Waals surface area (Å²) in [6.07, 6.45) is 6.04. The lowest BCUT2D eigenvalue weighted by Crippen LogP contribution is -2.01. The molecule has 2 heterocycles. The number of sulfone groups is 1. The van der Waals surface area contributed by atoms with Crippen molar-refractivity contribution in [3.05, 3.63) is 43.0 Å². The molecule has 0 amide bonds. The van der Waals surface area contributed by atoms with Crippen LogP contribution in [-0.2, 0) is 9.84 Å². The maximum atomic E-state index is 11.6. The molecule has 0 unspecified atom stereocenters. The number of hydrogen-bond acceptors (Lipinski definition) is 5. The summed E-state index contributed by atoms with van der Waals surface area (Å²) in [6, 6.07) is 6.72. The molecule has 7 heteroatoms. The third-order valence-corrected chi connectivity index (χ3v) is 4.17. The highest BCUT2D eigenvalue weighted by molar-refractivity contribution is 7.90. The molecule has 0 saturated carbocycles. The zero-order valence-corrected chi connectivity index (χ0v) is 11.5. The molecule has 2 aromatic heterocycles. The van der Waals surface area contributed by atoms with Gasteiger partial charge in [0.25, 0.3) is 0 Å². The largest absolute Gasteiger partial charge is 0.369 e. The van der Waals surface area contributed by atoms with Gasteiger partial charge in [-0.25, -0.2) is 18.4 Å². The Morgan fingerprint density at radius 2 is 2.05 bits per heavy atom. The van der Waals surface area contributed by atoms with Crippen molar-refractivity contribution in [2.75, 3.05) is 12.0 Å². The SMILES string of the molecule is CS(=O)(=O)c1cccc(-c2cnc(N)n3cncc23)c1. The third-order valence-electron chi connectivity index (χ3n) is 3.06. The normalized spacial score (nSPS) is 11.8.